The van der Waals surface area contributed by atoms with Crippen LogP contribution in [0.4, 0.5) is 0 Å². The number of rotatable bonds is 3. The van der Waals surface area contributed by atoms with Crippen molar-refractivity contribution in [2.45, 2.75) is 12.8 Å². The van der Waals surface area contributed by atoms with E-state index in [0.29, 0.717) is 16.4 Å². The zero-order valence-electron chi connectivity index (χ0n) is 11.3. The van der Waals surface area contributed by atoms with Gasteiger partial charge in [-0.3, -0.25) is 4.79 Å². The summed E-state index contributed by atoms with van der Waals surface area (Å²) in [7, 11) is 0. The minimum Gasteiger partial charge on any atom is -0.451 e. The maximum atomic E-state index is 12.1. The second-order valence-electron chi connectivity index (χ2n) is 5.49. The fourth-order valence-electron chi connectivity index (χ4n) is 2.58. The molecule has 1 aromatic heterocycles. The number of carbonyl (C=O) groups excluding carboxylic acids is 1. The Bertz CT molecular complexity index is 829. The van der Waals surface area contributed by atoms with Crippen LogP contribution in [0.3, 0.4) is 0 Å². The lowest BCUT2D eigenvalue weighted by Crippen LogP contribution is -1.98. The first-order valence-electron chi connectivity index (χ1n) is 7.05. The van der Waals surface area contributed by atoms with Gasteiger partial charge in [0.15, 0.2) is 11.3 Å². The summed E-state index contributed by atoms with van der Waals surface area (Å²) in [6.45, 7) is 0. The fraction of sp³-hybridized carbons (Fsp3) is 0.167. The Morgan fingerprint density at radius 1 is 1.05 bits per heavy atom. The zero-order valence-corrected chi connectivity index (χ0v) is 12.1. The van der Waals surface area contributed by atoms with Crippen LogP contribution in [0.2, 0.25) is 5.02 Å². The topological polar surface area (TPSA) is 30.2 Å². The molecule has 0 aliphatic heterocycles. The third-order valence-electron chi connectivity index (χ3n) is 3.87. The van der Waals surface area contributed by atoms with E-state index in [1.165, 1.54) is 0 Å². The van der Waals surface area contributed by atoms with E-state index in [4.69, 9.17) is 16.0 Å². The molecule has 1 aliphatic carbocycles. The van der Waals surface area contributed by atoms with Crippen molar-refractivity contribution in [2.75, 3.05) is 0 Å². The van der Waals surface area contributed by atoms with E-state index in [0.717, 1.165) is 29.4 Å². The molecule has 1 heterocycles. The average Bonchev–Trinajstić information content (AvgIpc) is 3.26. The van der Waals surface area contributed by atoms with Crippen molar-refractivity contribution in [3.63, 3.8) is 0 Å². The number of carbonyl (C=O) groups is 1. The predicted octanol–water partition coefficient (Wildman–Crippen LogP) is 5.35. The van der Waals surface area contributed by atoms with E-state index in [1.54, 1.807) is 0 Å². The standard InChI is InChI=1S/C18H13ClO2/c19-15-9-13(11-4-2-1-3-5-11)8-14-10-16(21-18(14)15)17(20)12-6-7-12/h1-5,8-10,12H,6-7H2. The van der Waals surface area contributed by atoms with Crippen LogP contribution < -0.4 is 0 Å². The van der Waals surface area contributed by atoms with Crippen molar-refractivity contribution in [2.24, 2.45) is 5.92 Å². The van der Waals surface area contributed by atoms with Crippen LogP contribution in [0.25, 0.3) is 22.1 Å². The number of benzene rings is 2. The van der Waals surface area contributed by atoms with E-state index < -0.39 is 0 Å². The van der Waals surface area contributed by atoms with Gasteiger partial charge < -0.3 is 4.42 Å². The lowest BCUT2D eigenvalue weighted by molar-refractivity contribution is 0.0942. The van der Waals surface area contributed by atoms with E-state index in [9.17, 15) is 4.79 Å². The van der Waals surface area contributed by atoms with Gasteiger partial charge in [0.05, 0.1) is 5.02 Å². The highest BCUT2D eigenvalue weighted by atomic mass is 35.5. The molecular formula is C18H13ClO2. The number of ketones is 1. The zero-order chi connectivity index (χ0) is 14.4. The summed E-state index contributed by atoms with van der Waals surface area (Å²) in [6.07, 6.45) is 1.94. The van der Waals surface area contributed by atoms with E-state index in [1.807, 2.05) is 48.5 Å². The second-order valence-corrected chi connectivity index (χ2v) is 5.90. The highest BCUT2D eigenvalue weighted by Gasteiger charge is 2.32. The Labute approximate surface area is 127 Å². The van der Waals surface area contributed by atoms with Gasteiger partial charge in [0.25, 0.3) is 0 Å². The molecule has 1 aliphatic rings. The molecule has 0 N–H and O–H groups in total. The molecule has 21 heavy (non-hydrogen) atoms. The monoisotopic (exact) mass is 296 g/mol. The summed E-state index contributed by atoms with van der Waals surface area (Å²) in [5.74, 6) is 0.682. The highest BCUT2D eigenvalue weighted by Crippen LogP contribution is 2.37. The van der Waals surface area contributed by atoms with Gasteiger partial charge in [0, 0.05) is 11.3 Å². The smallest absolute Gasteiger partial charge is 0.201 e. The fourth-order valence-corrected chi connectivity index (χ4v) is 2.84. The van der Waals surface area contributed by atoms with Crippen molar-refractivity contribution in [1.29, 1.82) is 0 Å². The third kappa shape index (κ3) is 2.26. The molecule has 0 saturated heterocycles. The Balaban J connectivity index is 1.84. The van der Waals surface area contributed by atoms with Crippen LogP contribution in [0.5, 0.6) is 0 Å². The number of hydrogen-bond acceptors (Lipinski definition) is 2. The Kier molecular flexibility index (Phi) is 2.86. The van der Waals surface area contributed by atoms with Crippen molar-refractivity contribution < 1.29 is 9.21 Å². The van der Waals surface area contributed by atoms with Crippen LogP contribution in [0.1, 0.15) is 23.4 Å². The van der Waals surface area contributed by atoms with E-state index in [-0.39, 0.29) is 11.7 Å². The van der Waals surface area contributed by atoms with Gasteiger partial charge in [0.1, 0.15) is 0 Å². The SMILES string of the molecule is O=C(c1cc2cc(-c3ccccc3)cc(Cl)c2o1)C1CC1. The van der Waals surface area contributed by atoms with Gasteiger partial charge in [0.2, 0.25) is 5.78 Å². The molecule has 0 spiro atoms. The second kappa shape index (κ2) is 4.74. The minimum atomic E-state index is 0.100. The van der Waals surface area contributed by atoms with Crippen molar-refractivity contribution in [1.82, 2.24) is 0 Å². The average molecular weight is 297 g/mol. The number of fused-ring (bicyclic) bond motifs is 1. The van der Waals surface area contributed by atoms with Crippen molar-refractivity contribution in [3.8, 4) is 11.1 Å². The number of halogens is 1. The van der Waals surface area contributed by atoms with Crippen LogP contribution in [-0.2, 0) is 0 Å². The van der Waals surface area contributed by atoms with Crippen LogP contribution >= 0.6 is 11.6 Å². The van der Waals surface area contributed by atoms with Crippen LogP contribution in [0.15, 0.2) is 52.9 Å². The molecule has 0 amide bonds. The van der Waals surface area contributed by atoms with Gasteiger partial charge in [-0.2, -0.15) is 0 Å². The molecule has 0 radical (unpaired) electrons. The van der Waals surface area contributed by atoms with Gasteiger partial charge in [-0.1, -0.05) is 41.9 Å². The van der Waals surface area contributed by atoms with Crippen LogP contribution in [0, 0.1) is 5.92 Å². The third-order valence-corrected chi connectivity index (χ3v) is 4.15. The van der Waals surface area contributed by atoms with Gasteiger partial charge in [-0.15, -0.1) is 0 Å². The first kappa shape index (κ1) is 12.7. The first-order chi connectivity index (χ1) is 10.2. The molecule has 2 aromatic carbocycles. The summed E-state index contributed by atoms with van der Waals surface area (Å²) < 4.78 is 5.67. The number of Topliss-reactive ketones (excluding diaryl/α,β-unsaturated/α-hetero) is 1. The molecular weight excluding hydrogens is 284 g/mol. The first-order valence-corrected chi connectivity index (χ1v) is 7.43. The molecule has 4 rings (SSSR count). The van der Waals surface area contributed by atoms with Crippen LogP contribution in [-0.4, -0.2) is 5.78 Å². The maximum Gasteiger partial charge on any atom is 0.201 e. The molecule has 2 nitrogen and oxygen atoms in total. The van der Waals surface area contributed by atoms with Gasteiger partial charge in [-0.05, 0) is 42.2 Å². The van der Waals surface area contributed by atoms with E-state index >= 15 is 0 Å². The molecule has 104 valence electrons. The molecule has 0 bridgehead atoms. The minimum absolute atomic E-state index is 0.100. The summed E-state index contributed by atoms with van der Waals surface area (Å²) in [5, 5.41) is 1.42. The number of furan rings is 1. The largest absolute Gasteiger partial charge is 0.451 e. The van der Waals surface area contributed by atoms with Crippen molar-refractivity contribution >= 4 is 28.4 Å². The molecule has 3 aromatic rings. The van der Waals surface area contributed by atoms with Gasteiger partial charge in [-0.25, -0.2) is 0 Å². The Morgan fingerprint density at radius 3 is 2.52 bits per heavy atom. The summed E-state index contributed by atoms with van der Waals surface area (Å²) in [4.78, 5) is 12.1. The molecule has 0 unspecified atom stereocenters. The summed E-state index contributed by atoms with van der Waals surface area (Å²) >= 11 is 6.32. The molecule has 0 atom stereocenters. The molecule has 3 heteroatoms. The maximum absolute atomic E-state index is 12.1. The van der Waals surface area contributed by atoms with Crippen molar-refractivity contribution in [3.05, 3.63) is 59.3 Å². The Hall–Kier alpha value is -2.06. The van der Waals surface area contributed by atoms with Gasteiger partial charge >= 0.3 is 0 Å². The lowest BCUT2D eigenvalue weighted by atomic mass is 10.0. The quantitative estimate of drug-likeness (QED) is 0.610. The normalized spacial score (nSPS) is 14.5. The predicted molar refractivity (Wildman–Crippen MR) is 83.7 cm³/mol. The van der Waals surface area contributed by atoms with E-state index in [2.05, 4.69) is 0 Å². The number of hydrogen-bond donors (Lipinski definition) is 0. The summed E-state index contributed by atoms with van der Waals surface area (Å²) in [5.41, 5.74) is 2.72. The highest BCUT2D eigenvalue weighted by molar-refractivity contribution is 6.35. The molecule has 1 fully saturated rings. The Morgan fingerprint density at radius 2 is 1.81 bits per heavy atom. The lowest BCUT2D eigenvalue weighted by Gasteiger charge is -2.02. The summed E-state index contributed by atoms with van der Waals surface area (Å²) in [6, 6.07) is 15.7. The molecule has 1 saturated carbocycles.